The van der Waals surface area contributed by atoms with Crippen LogP contribution in [0, 0.1) is 23.0 Å². The molecule has 1 aromatic heterocycles. The van der Waals surface area contributed by atoms with Crippen LogP contribution in [0.4, 0.5) is 5.69 Å². The Morgan fingerprint density at radius 1 is 1.33 bits per heavy atom. The average molecular weight is 409 g/mol. The van der Waals surface area contributed by atoms with Crippen LogP contribution < -0.4 is 0 Å². The summed E-state index contributed by atoms with van der Waals surface area (Å²) < 4.78 is 27.2. The third kappa shape index (κ3) is 4.45. The van der Waals surface area contributed by atoms with Crippen LogP contribution in [0.3, 0.4) is 0 Å². The van der Waals surface area contributed by atoms with Gasteiger partial charge >= 0.3 is 0 Å². The van der Waals surface area contributed by atoms with Crippen LogP contribution in [0.1, 0.15) is 25.5 Å². The number of hydrogen-bond acceptors (Lipinski definition) is 7. The maximum Gasteiger partial charge on any atom is 0.284 e. The molecule has 1 fully saturated rings. The number of nitrogens with zero attached hydrogens (tertiary/aromatic N) is 4. The van der Waals surface area contributed by atoms with Gasteiger partial charge in [0.25, 0.3) is 5.69 Å². The molecule has 0 amide bonds. The Bertz CT molecular complexity index is 965. The van der Waals surface area contributed by atoms with E-state index in [-0.39, 0.29) is 16.5 Å². The molecule has 0 aliphatic carbocycles. The number of piperidine rings is 1. The molecule has 0 radical (unpaired) electrons. The van der Waals surface area contributed by atoms with Crippen molar-refractivity contribution in [3.63, 3.8) is 0 Å². The molecule has 144 valence electrons. The molecule has 8 nitrogen and oxygen atoms in total. The number of hydrogen-bond donors (Lipinski definition) is 0. The third-order valence-electron chi connectivity index (χ3n) is 4.36. The second-order valence-electron chi connectivity index (χ2n) is 6.58. The molecule has 2 aromatic rings. The summed E-state index contributed by atoms with van der Waals surface area (Å²) in [5, 5.41) is 11.9. The SMILES string of the molecule is Cc1ccnc(Sc2ccc(S(=O)(=O)N3CCC[C@H](C)C3)cc2[N+](=O)[O-])n1. The van der Waals surface area contributed by atoms with Crippen LogP contribution >= 0.6 is 11.8 Å². The summed E-state index contributed by atoms with van der Waals surface area (Å²) in [4.78, 5) is 19.5. The molecule has 3 rings (SSSR count). The first-order chi connectivity index (χ1) is 12.8. The highest BCUT2D eigenvalue weighted by Gasteiger charge is 2.30. The normalized spacial score (nSPS) is 18.4. The molecule has 1 aliphatic rings. The Hall–Kier alpha value is -2.04. The zero-order chi connectivity index (χ0) is 19.6. The summed E-state index contributed by atoms with van der Waals surface area (Å²) in [6, 6.07) is 5.73. The molecule has 0 N–H and O–H groups in total. The smallest absolute Gasteiger partial charge is 0.258 e. The molecular weight excluding hydrogens is 388 g/mol. The molecule has 0 bridgehead atoms. The lowest BCUT2D eigenvalue weighted by Crippen LogP contribution is -2.39. The highest BCUT2D eigenvalue weighted by molar-refractivity contribution is 7.99. The maximum absolute atomic E-state index is 12.9. The van der Waals surface area contributed by atoms with Gasteiger partial charge in [0.1, 0.15) is 0 Å². The van der Waals surface area contributed by atoms with Gasteiger partial charge in [0, 0.05) is 31.0 Å². The number of aromatic nitrogens is 2. The monoisotopic (exact) mass is 408 g/mol. The second kappa shape index (κ2) is 7.91. The van der Waals surface area contributed by atoms with Crippen molar-refractivity contribution in [1.29, 1.82) is 0 Å². The summed E-state index contributed by atoms with van der Waals surface area (Å²) in [6.45, 7) is 4.68. The molecule has 0 saturated carbocycles. The van der Waals surface area contributed by atoms with E-state index in [0.717, 1.165) is 36.4 Å². The minimum Gasteiger partial charge on any atom is -0.258 e. The quantitative estimate of drug-likeness (QED) is 0.424. The first kappa shape index (κ1) is 19.7. The topological polar surface area (TPSA) is 106 Å². The predicted octanol–water partition coefficient (Wildman–Crippen LogP) is 3.27. The van der Waals surface area contributed by atoms with E-state index in [1.807, 2.05) is 6.92 Å². The lowest BCUT2D eigenvalue weighted by atomic mass is 10.0. The Morgan fingerprint density at radius 2 is 2.11 bits per heavy atom. The summed E-state index contributed by atoms with van der Waals surface area (Å²) in [6.07, 6.45) is 3.35. The van der Waals surface area contributed by atoms with Crippen molar-refractivity contribution >= 4 is 27.5 Å². The Balaban J connectivity index is 1.94. The van der Waals surface area contributed by atoms with Crippen molar-refractivity contribution < 1.29 is 13.3 Å². The van der Waals surface area contributed by atoms with E-state index < -0.39 is 14.9 Å². The van der Waals surface area contributed by atoms with E-state index in [0.29, 0.717) is 23.1 Å². The van der Waals surface area contributed by atoms with Crippen molar-refractivity contribution in [2.24, 2.45) is 5.92 Å². The summed E-state index contributed by atoms with van der Waals surface area (Å²) in [5.74, 6) is 0.275. The van der Waals surface area contributed by atoms with Crippen LogP contribution in [-0.4, -0.2) is 40.7 Å². The van der Waals surface area contributed by atoms with Crippen LogP contribution in [0.2, 0.25) is 0 Å². The molecular formula is C17H20N4O4S2. The minimum absolute atomic E-state index is 0.0576. The largest absolute Gasteiger partial charge is 0.284 e. The van der Waals surface area contributed by atoms with Gasteiger partial charge in [-0.3, -0.25) is 10.1 Å². The zero-order valence-corrected chi connectivity index (χ0v) is 16.7. The van der Waals surface area contributed by atoms with Gasteiger partial charge in [0.15, 0.2) is 5.16 Å². The number of benzene rings is 1. The van der Waals surface area contributed by atoms with Crippen LogP contribution in [0.5, 0.6) is 0 Å². The molecule has 27 heavy (non-hydrogen) atoms. The standard InChI is InChI=1S/C17H20N4O4S2/c1-12-4-3-9-20(11-12)27(24,25)14-5-6-16(15(10-14)21(22)23)26-17-18-8-7-13(2)19-17/h5-8,10,12H,3-4,9,11H2,1-2H3/t12-/m0/s1. The molecule has 1 aromatic carbocycles. The van der Waals surface area contributed by atoms with Crippen LogP contribution in [-0.2, 0) is 10.0 Å². The fourth-order valence-electron chi connectivity index (χ4n) is 2.97. The van der Waals surface area contributed by atoms with E-state index >= 15 is 0 Å². The highest BCUT2D eigenvalue weighted by Crippen LogP contribution is 2.35. The highest BCUT2D eigenvalue weighted by atomic mass is 32.2. The molecule has 10 heteroatoms. The number of aryl methyl sites for hydroxylation is 1. The second-order valence-corrected chi connectivity index (χ2v) is 9.53. The van der Waals surface area contributed by atoms with Crippen LogP contribution in [0.25, 0.3) is 0 Å². The first-order valence-electron chi connectivity index (χ1n) is 8.53. The van der Waals surface area contributed by atoms with Gasteiger partial charge in [-0.2, -0.15) is 4.31 Å². The van der Waals surface area contributed by atoms with E-state index in [1.54, 1.807) is 19.2 Å². The number of rotatable bonds is 5. The van der Waals surface area contributed by atoms with Crippen molar-refractivity contribution in [3.8, 4) is 0 Å². The van der Waals surface area contributed by atoms with Gasteiger partial charge in [-0.25, -0.2) is 18.4 Å². The molecule has 1 saturated heterocycles. The van der Waals surface area contributed by atoms with E-state index in [2.05, 4.69) is 9.97 Å². The Morgan fingerprint density at radius 3 is 2.78 bits per heavy atom. The van der Waals surface area contributed by atoms with Gasteiger partial charge in [-0.05, 0) is 55.6 Å². The third-order valence-corrected chi connectivity index (χ3v) is 7.16. The molecule has 1 aliphatic heterocycles. The van der Waals surface area contributed by atoms with Gasteiger partial charge in [-0.1, -0.05) is 6.92 Å². The number of nitro groups is 1. The predicted molar refractivity (Wildman–Crippen MR) is 101 cm³/mol. The fraction of sp³-hybridized carbons (Fsp3) is 0.412. The first-order valence-corrected chi connectivity index (χ1v) is 10.8. The van der Waals surface area contributed by atoms with Crippen LogP contribution in [0.15, 0.2) is 45.4 Å². The van der Waals surface area contributed by atoms with Gasteiger partial charge in [-0.15, -0.1) is 0 Å². The van der Waals surface area contributed by atoms with Crippen molar-refractivity contribution in [1.82, 2.24) is 14.3 Å². The Labute approximate surface area is 162 Å². The molecule has 1 atom stereocenters. The average Bonchev–Trinajstić information content (AvgIpc) is 2.61. The number of nitro benzene ring substituents is 1. The van der Waals surface area contributed by atoms with Gasteiger partial charge < -0.3 is 0 Å². The van der Waals surface area contributed by atoms with Crippen molar-refractivity contribution in [2.45, 2.75) is 41.6 Å². The maximum atomic E-state index is 12.9. The summed E-state index contributed by atoms with van der Waals surface area (Å²) in [7, 11) is -3.76. The summed E-state index contributed by atoms with van der Waals surface area (Å²) in [5.41, 5.74) is 0.477. The molecule has 0 unspecified atom stereocenters. The van der Waals surface area contributed by atoms with Crippen molar-refractivity contribution in [2.75, 3.05) is 13.1 Å². The number of sulfonamides is 1. The van der Waals surface area contributed by atoms with Gasteiger partial charge in [0.05, 0.1) is 14.7 Å². The minimum atomic E-state index is -3.76. The lowest BCUT2D eigenvalue weighted by Gasteiger charge is -2.30. The summed E-state index contributed by atoms with van der Waals surface area (Å²) >= 11 is 1.04. The lowest BCUT2D eigenvalue weighted by molar-refractivity contribution is -0.388. The Kier molecular flexibility index (Phi) is 5.78. The van der Waals surface area contributed by atoms with Gasteiger partial charge in [0.2, 0.25) is 10.0 Å². The van der Waals surface area contributed by atoms with E-state index in [1.165, 1.54) is 16.4 Å². The van der Waals surface area contributed by atoms with E-state index in [4.69, 9.17) is 0 Å². The zero-order valence-electron chi connectivity index (χ0n) is 15.0. The molecule has 2 heterocycles. The van der Waals surface area contributed by atoms with Crippen molar-refractivity contribution in [3.05, 3.63) is 46.3 Å². The fourth-order valence-corrected chi connectivity index (χ4v) is 5.47. The van der Waals surface area contributed by atoms with E-state index in [9.17, 15) is 18.5 Å². The molecule has 0 spiro atoms.